The van der Waals surface area contributed by atoms with Crippen molar-refractivity contribution in [1.82, 2.24) is 10.2 Å². The fourth-order valence-electron chi connectivity index (χ4n) is 2.16. The maximum absolute atomic E-state index is 3.37. The molecule has 1 N–H and O–H groups in total. The van der Waals surface area contributed by atoms with Gasteiger partial charge in [0.2, 0.25) is 0 Å². The third-order valence-corrected chi connectivity index (χ3v) is 3.31. The number of hydrogen-bond donors (Lipinski definition) is 1. The van der Waals surface area contributed by atoms with E-state index in [1.807, 2.05) is 0 Å². The third kappa shape index (κ3) is 3.69. The molecule has 0 saturated carbocycles. The lowest BCUT2D eigenvalue weighted by Gasteiger charge is -2.25. The van der Waals surface area contributed by atoms with E-state index in [0.717, 1.165) is 32.7 Å². The average Bonchev–Trinajstić information content (AvgIpc) is 2.35. The Morgan fingerprint density at radius 2 is 2.00 bits per heavy atom. The highest BCUT2D eigenvalue weighted by atomic mass is 15.2. The molecule has 0 amide bonds. The third-order valence-electron chi connectivity index (χ3n) is 3.31. The number of hydrogen-bond acceptors (Lipinski definition) is 2. The van der Waals surface area contributed by atoms with Crippen molar-refractivity contribution in [1.29, 1.82) is 0 Å². The molecule has 1 aliphatic rings. The van der Waals surface area contributed by atoms with Crippen LogP contribution in [0.3, 0.4) is 0 Å². The van der Waals surface area contributed by atoms with Crippen molar-refractivity contribution in [3.8, 4) is 0 Å². The van der Waals surface area contributed by atoms with E-state index in [9.17, 15) is 0 Å². The molecule has 1 aromatic rings. The molecule has 2 nitrogen and oxygen atoms in total. The largest absolute Gasteiger partial charge is 0.314 e. The van der Waals surface area contributed by atoms with Crippen LogP contribution in [0.2, 0.25) is 0 Å². The summed E-state index contributed by atoms with van der Waals surface area (Å²) in [4.78, 5) is 2.48. The summed E-state index contributed by atoms with van der Waals surface area (Å²) in [5.74, 6) is 0. The van der Waals surface area contributed by atoms with Gasteiger partial charge < -0.3 is 5.32 Å². The molecule has 0 aliphatic carbocycles. The number of benzene rings is 1. The van der Waals surface area contributed by atoms with Crippen LogP contribution in [0.4, 0.5) is 0 Å². The summed E-state index contributed by atoms with van der Waals surface area (Å²) < 4.78 is 0. The number of rotatable bonds is 3. The van der Waals surface area contributed by atoms with Gasteiger partial charge in [-0.15, -0.1) is 0 Å². The Labute approximate surface area is 104 Å². The van der Waals surface area contributed by atoms with Crippen LogP contribution in [-0.2, 0) is 0 Å². The Kier molecular flexibility index (Phi) is 4.35. The van der Waals surface area contributed by atoms with Crippen molar-refractivity contribution >= 4 is 6.08 Å². The Hall–Kier alpha value is -1.12. The van der Waals surface area contributed by atoms with Crippen LogP contribution in [0, 0.1) is 13.8 Å². The van der Waals surface area contributed by atoms with Gasteiger partial charge in [-0.3, -0.25) is 4.90 Å². The summed E-state index contributed by atoms with van der Waals surface area (Å²) in [6.45, 7) is 9.95. The predicted molar refractivity (Wildman–Crippen MR) is 74.3 cm³/mol. The van der Waals surface area contributed by atoms with Crippen LogP contribution >= 0.6 is 0 Å². The molecule has 0 unspecified atom stereocenters. The van der Waals surface area contributed by atoms with E-state index in [4.69, 9.17) is 0 Å². The van der Waals surface area contributed by atoms with Crippen LogP contribution in [-0.4, -0.2) is 37.6 Å². The van der Waals surface area contributed by atoms with Crippen molar-refractivity contribution in [2.24, 2.45) is 0 Å². The summed E-state index contributed by atoms with van der Waals surface area (Å²) >= 11 is 0. The Morgan fingerprint density at radius 3 is 2.76 bits per heavy atom. The molecule has 2 heteroatoms. The summed E-state index contributed by atoms with van der Waals surface area (Å²) in [6, 6.07) is 6.62. The molecule has 1 heterocycles. The van der Waals surface area contributed by atoms with Crippen molar-refractivity contribution in [2.45, 2.75) is 13.8 Å². The van der Waals surface area contributed by atoms with E-state index in [1.54, 1.807) is 0 Å². The van der Waals surface area contributed by atoms with Crippen LogP contribution in [0.15, 0.2) is 24.3 Å². The quantitative estimate of drug-likeness (QED) is 0.856. The highest BCUT2D eigenvalue weighted by Gasteiger charge is 2.06. The Balaban J connectivity index is 1.92. The molecule has 0 spiro atoms. The first-order valence-corrected chi connectivity index (χ1v) is 6.42. The van der Waals surface area contributed by atoms with E-state index in [0.29, 0.717) is 0 Å². The zero-order valence-corrected chi connectivity index (χ0v) is 10.9. The molecular weight excluding hydrogens is 208 g/mol. The second-order valence-electron chi connectivity index (χ2n) is 4.81. The van der Waals surface area contributed by atoms with Crippen LogP contribution in [0.5, 0.6) is 0 Å². The molecule has 1 saturated heterocycles. The lowest BCUT2D eigenvalue weighted by molar-refractivity contribution is 0.265. The molecule has 0 aromatic heterocycles. The molecule has 1 aromatic carbocycles. The SMILES string of the molecule is Cc1ccc(C)c(/C=C/CN2CCNCC2)c1. The normalized spacial score (nSPS) is 17.8. The van der Waals surface area contributed by atoms with E-state index < -0.39 is 0 Å². The standard InChI is InChI=1S/C15H22N2/c1-13-5-6-14(2)15(12-13)4-3-9-17-10-7-16-8-11-17/h3-6,12,16H,7-11H2,1-2H3/b4-3+. The first kappa shape index (κ1) is 12.3. The topological polar surface area (TPSA) is 15.3 Å². The highest BCUT2D eigenvalue weighted by molar-refractivity contribution is 5.54. The minimum atomic E-state index is 1.06. The van der Waals surface area contributed by atoms with Crippen molar-refractivity contribution < 1.29 is 0 Å². The van der Waals surface area contributed by atoms with Gasteiger partial charge in [-0.2, -0.15) is 0 Å². The minimum absolute atomic E-state index is 1.06. The summed E-state index contributed by atoms with van der Waals surface area (Å²) in [5, 5.41) is 3.37. The average molecular weight is 230 g/mol. The number of aryl methyl sites for hydroxylation is 2. The fraction of sp³-hybridized carbons (Fsp3) is 0.467. The summed E-state index contributed by atoms with van der Waals surface area (Å²) in [6.07, 6.45) is 4.54. The van der Waals surface area contributed by atoms with Crippen LogP contribution < -0.4 is 5.32 Å². The van der Waals surface area contributed by atoms with Gasteiger partial charge in [0.1, 0.15) is 0 Å². The molecular formula is C15H22N2. The lowest BCUT2D eigenvalue weighted by atomic mass is 10.1. The molecule has 0 radical (unpaired) electrons. The summed E-state index contributed by atoms with van der Waals surface area (Å²) in [7, 11) is 0. The van der Waals surface area contributed by atoms with E-state index >= 15 is 0 Å². The van der Waals surface area contributed by atoms with Gasteiger partial charge in [-0.25, -0.2) is 0 Å². The van der Waals surface area contributed by atoms with E-state index in [-0.39, 0.29) is 0 Å². The smallest absolute Gasteiger partial charge is 0.0167 e. The van der Waals surface area contributed by atoms with Gasteiger partial charge in [0.25, 0.3) is 0 Å². The first-order chi connectivity index (χ1) is 8.25. The second-order valence-corrected chi connectivity index (χ2v) is 4.81. The maximum Gasteiger partial charge on any atom is 0.0167 e. The number of piperazine rings is 1. The molecule has 17 heavy (non-hydrogen) atoms. The zero-order valence-electron chi connectivity index (χ0n) is 10.9. The van der Waals surface area contributed by atoms with Gasteiger partial charge in [0.05, 0.1) is 0 Å². The molecule has 1 aliphatic heterocycles. The van der Waals surface area contributed by atoms with Gasteiger partial charge in [0.15, 0.2) is 0 Å². The Bertz CT molecular complexity index is 390. The maximum atomic E-state index is 3.37. The minimum Gasteiger partial charge on any atom is -0.314 e. The Morgan fingerprint density at radius 1 is 1.24 bits per heavy atom. The lowest BCUT2D eigenvalue weighted by Crippen LogP contribution is -2.43. The van der Waals surface area contributed by atoms with Crippen molar-refractivity contribution in [2.75, 3.05) is 32.7 Å². The molecule has 2 rings (SSSR count). The van der Waals surface area contributed by atoms with Crippen LogP contribution in [0.25, 0.3) is 6.08 Å². The van der Waals surface area contributed by atoms with Gasteiger partial charge in [0, 0.05) is 32.7 Å². The van der Waals surface area contributed by atoms with Gasteiger partial charge >= 0.3 is 0 Å². The number of nitrogens with one attached hydrogen (secondary N) is 1. The second kappa shape index (κ2) is 5.99. The molecule has 0 bridgehead atoms. The van der Waals surface area contributed by atoms with Crippen molar-refractivity contribution in [3.05, 3.63) is 41.0 Å². The van der Waals surface area contributed by atoms with Gasteiger partial charge in [-0.05, 0) is 25.0 Å². The zero-order chi connectivity index (χ0) is 12.1. The first-order valence-electron chi connectivity index (χ1n) is 6.42. The molecule has 0 atom stereocenters. The van der Waals surface area contributed by atoms with E-state index in [2.05, 4.69) is 54.4 Å². The highest BCUT2D eigenvalue weighted by Crippen LogP contribution is 2.12. The monoisotopic (exact) mass is 230 g/mol. The molecule has 1 fully saturated rings. The molecule has 92 valence electrons. The predicted octanol–water partition coefficient (Wildman–Crippen LogP) is 2.22. The number of nitrogens with zero attached hydrogens (tertiary/aromatic N) is 1. The van der Waals surface area contributed by atoms with E-state index in [1.165, 1.54) is 16.7 Å². The fourth-order valence-corrected chi connectivity index (χ4v) is 2.16. The van der Waals surface area contributed by atoms with Crippen molar-refractivity contribution in [3.63, 3.8) is 0 Å². The van der Waals surface area contributed by atoms with Crippen LogP contribution in [0.1, 0.15) is 16.7 Å². The van der Waals surface area contributed by atoms with Gasteiger partial charge in [-0.1, -0.05) is 35.9 Å². The summed E-state index contributed by atoms with van der Waals surface area (Å²) in [5.41, 5.74) is 4.03.